The Morgan fingerprint density at radius 2 is 1.51 bits per heavy atom. The van der Waals surface area contributed by atoms with Crippen LogP contribution in [0.4, 0.5) is 0 Å². The first-order valence-corrected chi connectivity index (χ1v) is 15.2. The van der Waals surface area contributed by atoms with Gasteiger partial charge in [-0.3, -0.25) is 9.59 Å². The largest absolute Gasteiger partial charge is 0.352 e. The maximum Gasteiger partial charge on any atom is 0.243 e. The summed E-state index contributed by atoms with van der Waals surface area (Å²) in [6.07, 6.45) is 0.782. The van der Waals surface area contributed by atoms with Crippen molar-refractivity contribution >= 4 is 37.8 Å². The highest BCUT2D eigenvalue weighted by atomic mass is 79.9. The van der Waals surface area contributed by atoms with E-state index in [1.165, 1.54) is 11.4 Å². The van der Waals surface area contributed by atoms with E-state index < -0.39 is 16.1 Å². The number of rotatable bonds is 13. The molecule has 0 spiro atoms. The molecule has 1 N–H and O–H groups in total. The van der Waals surface area contributed by atoms with Gasteiger partial charge in [0.05, 0.1) is 4.90 Å². The lowest BCUT2D eigenvalue weighted by molar-refractivity contribution is -0.141. The molecule has 1 atom stereocenters. The number of carbonyl (C=O) groups excluding carboxylic acids is 2. The molecule has 0 radical (unpaired) electrons. The first-order valence-electron chi connectivity index (χ1n) is 13.0. The molecule has 7 nitrogen and oxygen atoms in total. The Labute approximate surface area is 240 Å². The molecule has 39 heavy (non-hydrogen) atoms. The molecule has 0 fully saturated rings. The van der Waals surface area contributed by atoms with Crippen LogP contribution >= 0.6 is 15.9 Å². The molecule has 9 heteroatoms. The molecule has 0 aromatic heterocycles. The summed E-state index contributed by atoms with van der Waals surface area (Å²) in [6, 6.07) is 24.7. The van der Waals surface area contributed by atoms with Gasteiger partial charge in [-0.25, -0.2) is 12.7 Å². The molecule has 0 aliphatic carbocycles. The van der Waals surface area contributed by atoms with E-state index in [0.29, 0.717) is 12.8 Å². The van der Waals surface area contributed by atoms with Gasteiger partial charge in [0.15, 0.2) is 0 Å². The minimum atomic E-state index is -3.66. The normalized spacial score (nSPS) is 12.4. The molecule has 3 rings (SSSR count). The lowest BCUT2D eigenvalue weighted by Gasteiger charge is -2.32. The summed E-state index contributed by atoms with van der Waals surface area (Å²) >= 11 is 3.49. The topological polar surface area (TPSA) is 86.8 Å². The van der Waals surface area contributed by atoms with Crippen LogP contribution in [0.1, 0.15) is 37.8 Å². The van der Waals surface area contributed by atoms with E-state index in [1.807, 2.05) is 68.4 Å². The summed E-state index contributed by atoms with van der Waals surface area (Å²) < 4.78 is 27.9. The quantitative estimate of drug-likeness (QED) is 0.293. The van der Waals surface area contributed by atoms with Crippen LogP contribution in [0, 0.1) is 0 Å². The van der Waals surface area contributed by atoms with E-state index in [0.717, 1.165) is 15.6 Å². The molecule has 0 unspecified atom stereocenters. The maximum atomic E-state index is 13.7. The van der Waals surface area contributed by atoms with E-state index in [2.05, 4.69) is 21.2 Å². The van der Waals surface area contributed by atoms with Crippen molar-refractivity contribution in [3.8, 4) is 0 Å². The Morgan fingerprint density at radius 1 is 0.897 bits per heavy atom. The zero-order valence-electron chi connectivity index (χ0n) is 22.6. The average Bonchev–Trinajstić information content (AvgIpc) is 2.91. The Balaban J connectivity index is 1.82. The van der Waals surface area contributed by atoms with E-state index in [-0.39, 0.29) is 42.3 Å². The third-order valence-corrected chi connectivity index (χ3v) is 8.62. The van der Waals surface area contributed by atoms with Crippen molar-refractivity contribution < 1.29 is 18.0 Å². The predicted molar refractivity (Wildman–Crippen MR) is 157 cm³/mol. The van der Waals surface area contributed by atoms with Crippen molar-refractivity contribution in [1.82, 2.24) is 14.5 Å². The number of halogens is 1. The summed E-state index contributed by atoms with van der Waals surface area (Å²) in [5.74, 6) is -0.429. The van der Waals surface area contributed by atoms with Gasteiger partial charge >= 0.3 is 0 Å². The molecule has 2 amide bonds. The molecule has 0 saturated carbocycles. The Morgan fingerprint density at radius 3 is 2.13 bits per heavy atom. The molecule has 0 aliphatic rings. The lowest BCUT2D eigenvalue weighted by Crippen LogP contribution is -2.51. The molecule has 208 valence electrons. The van der Waals surface area contributed by atoms with E-state index in [1.54, 1.807) is 35.2 Å². The van der Waals surface area contributed by atoms with Gasteiger partial charge in [-0.1, -0.05) is 76.6 Å². The number of hydrogen-bond acceptors (Lipinski definition) is 4. The highest BCUT2D eigenvalue weighted by Gasteiger charge is 2.31. The number of nitrogens with zero attached hydrogens (tertiary/aromatic N) is 2. The van der Waals surface area contributed by atoms with Crippen LogP contribution in [0.3, 0.4) is 0 Å². The number of nitrogens with one attached hydrogen (secondary N) is 1. The third kappa shape index (κ3) is 9.02. The van der Waals surface area contributed by atoms with Gasteiger partial charge in [-0.2, -0.15) is 0 Å². The van der Waals surface area contributed by atoms with Crippen LogP contribution in [-0.2, 0) is 32.6 Å². The summed E-state index contributed by atoms with van der Waals surface area (Å²) in [5.41, 5.74) is 1.83. The van der Waals surface area contributed by atoms with Crippen molar-refractivity contribution in [3.05, 3.63) is 101 Å². The molecule has 0 saturated heterocycles. The first kappa shape index (κ1) is 30.5. The monoisotopic (exact) mass is 613 g/mol. The third-order valence-electron chi connectivity index (χ3n) is 6.26. The fourth-order valence-corrected chi connectivity index (χ4v) is 5.93. The van der Waals surface area contributed by atoms with Crippen molar-refractivity contribution in [2.24, 2.45) is 0 Å². The molecule has 0 bridgehead atoms. The van der Waals surface area contributed by atoms with Gasteiger partial charge in [0.25, 0.3) is 0 Å². The molecule has 3 aromatic carbocycles. The van der Waals surface area contributed by atoms with Crippen LogP contribution in [0.15, 0.2) is 94.3 Å². The zero-order valence-corrected chi connectivity index (χ0v) is 25.0. The predicted octanol–water partition coefficient (Wildman–Crippen LogP) is 5.01. The van der Waals surface area contributed by atoms with Crippen LogP contribution in [-0.4, -0.2) is 55.1 Å². The van der Waals surface area contributed by atoms with Crippen molar-refractivity contribution in [1.29, 1.82) is 0 Å². The smallest absolute Gasteiger partial charge is 0.243 e. The first-order chi connectivity index (χ1) is 18.6. The fourth-order valence-electron chi connectivity index (χ4n) is 4.26. The molecule has 3 aromatic rings. The summed E-state index contributed by atoms with van der Waals surface area (Å²) in [5, 5.41) is 2.98. The van der Waals surface area contributed by atoms with Crippen molar-refractivity contribution in [2.45, 2.75) is 56.6 Å². The number of carbonyl (C=O) groups is 2. The molecular formula is C30H36BrN3O4S. The van der Waals surface area contributed by atoms with E-state index >= 15 is 0 Å². The Hall–Kier alpha value is -3.01. The lowest BCUT2D eigenvalue weighted by atomic mass is 10.0. The maximum absolute atomic E-state index is 13.7. The van der Waals surface area contributed by atoms with E-state index in [9.17, 15) is 18.0 Å². The molecule has 0 heterocycles. The zero-order chi connectivity index (χ0) is 28.4. The highest BCUT2D eigenvalue weighted by molar-refractivity contribution is 9.10. The van der Waals surface area contributed by atoms with Crippen LogP contribution in [0.2, 0.25) is 0 Å². The average molecular weight is 615 g/mol. The van der Waals surface area contributed by atoms with Gasteiger partial charge in [-0.05, 0) is 55.7 Å². The van der Waals surface area contributed by atoms with Crippen molar-refractivity contribution in [3.63, 3.8) is 0 Å². The Kier molecular flexibility index (Phi) is 11.3. The summed E-state index contributed by atoms with van der Waals surface area (Å²) in [7, 11) is -2.14. The minimum absolute atomic E-state index is 0.0876. The summed E-state index contributed by atoms with van der Waals surface area (Å²) in [4.78, 5) is 29.0. The van der Waals surface area contributed by atoms with Gasteiger partial charge in [0.1, 0.15) is 6.04 Å². The number of amides is 2. The SMILES string of the molecule is CC(C)NC(=O)[C@H](Cc1ccccc1)N(Cc1cccc(Br)c1)C(=O)CCCN(C)S(=O)(=O)c1ccccc1. The number of sulfonamides is 1. The number of hydrogen-bond donors (Lipinski definition) is 1. The molecular weight excluding hydrogens is 578 g/mol. The van der Waals surface area contributed by atoms with Gasteiger partial charge in [0, 0.05) is 43.5 Å². The summed E-state index contributed by atoms with van der Waals surface area (Å²) in [6.45, 7) is 4.20. The van der Waals surface area contributed by atoms with Crippen LogP contribution < -0.4 is 5.32 Å². The Bertz CT molecular complexity index is 1330. The van der Waals surface area contributed by atoms with E-state index in [4.69, 9.17) is 0 Å². The second-order valence-electron chi connectivity index (χ2n) is 9.76. The van der Waals surface area contributed by atoms with Crippen molar-refractivity contribution in [2.75, 3.05) is 13.6 Å². The second kappa shape index (κ2) is 14.4. The van der Waals surface area contributed by atoms with Gasteiger partial charge in [0.2, 0.25) is 21.8 Å². The second-order valence-corrected chi connectivity index (χ2v) is 12.7. The van der Waals surface area contributed by atoms with Gasteiger partial charge < -0.3 is 10.2 Å². The standard InChI is InChI=1S/C30H36BrN3O4S/c1-23(2)32-30(36)28(21-24-12-6-4-7-13-24)34(22-25-14-10-15-26(31)20-25)29(35)18-11-19-33(3)39(37,38)27-16-8-5-9-17-27/h4-10,12-17,20,23,28H,11,18-19,21-22H2,1-3H3,(H,32,36)/t28-/m0/s1. The van der Waals surface area contributed by atoms with Gasteiger partial charge in [-0.15, -0.1) is 0 Å². The minimum Gasteiger partial charge on any atom is -0.352 e. The number of benzene rings is 3. The van der Waals surface area contributed by atoms with Crippen LogP contribution in [0.25, 0.3) is 0 Å². The fraction of sp³-hybridized carbons (Fsp3) is 0.333. The van der Waals surface area contributed by atoms with Crippen LogP contribution in [0.5, 0.6) is 0 Å². The highest BCUT2D eigenvalue weighted by Crippen LogP contribution is 2.20. The molecule has 0 aliphatic heterocycles.